The lowest BCUT2D eigenvalue weighted by atomic mass is 10.0. The van der Waals surface area contributed by atoms with E-state index >= 15 is 0 Å². The Hall–Kier alpha value is -2.37. The van der Waals surface area contributed by atoms with Crippen molar-refractivity contribution in [3.63, 3.8) is 0 Å². The van der Waals surface area contributed by atoms with Crippen LogP contribution >= 0.6 is 0 Å². The Balaban J connectivity index is 1.59. The number of hydrogen-bond acceptors (Lipinski definition) is 5. The zero-order chi connectivity index (χ0) is 14.7. The van der Waals surface area contributed by atoms with E-state index in [1.807, 2.05) is 24.1 Å². The van der Waals surface area contributed by atoms with Gasteiger partial charge in [0.05, 0.1) is 6.26 Å². The highest BCUT2D eigenvalue weighted by molar-refractivity contribution is 5.91. The van der Waals surface area contributed by atoms with Crippen LogP contribution in [0.2, 0.25) is 0 Å². The number of anilines is 1. The normalized spacial score (nSPS) is 16.0. The van der Waals surface area contributed by atoms with Crippen LogP contribution in [-0.4, -0.2) is 47.2 Å². The standard InChI is InChI=1S/C15H18N4O2/c1-18(14-5-2-8-16-17-14)12-6-9-19(10-7-12)15(20)13-4-3-11-21-13/h2-5,8,11-12H,6-7,9-10H2,1H3. The topological polar surface area (TPSA) is 62.5 Å². The van der Waals surface area contributed by atoms with E-state index in [-0.39, 0.29) is 5.91 Å². The molecule has 2 aromatic rings. The molecule has 0 N–H and O–H groups in total. The Bertz CT molecular complexity index is 577. The third-order valence-corrected chi connectivity index (χ3v) is 3.95. The molecule has 21 heavy (non-hydrogen) atoms. The molecule has 3 heterocycles. The number of piperidine rings is 1. The van der Waals surface area contributed by atoms with Gasteiger partial charge in [0.15, 0.2) is 11.6 Å². The first-order valence-electron chi connectivity index (χ1n) is 7.09. The number of amides is 1. The van der Waals surface area contributed by atoms with Gasteiger partial charge in [-0.25, -0.2) is 0 Å². The van der Waals surface area contributed by atoms with Gasteiger partial charge >= 0.3 is 0 Å². The van der Waals surface area contributed by atoms with E-state index in [0.717, 1.165) is 31.7 Å². The van der Waals surface area contributed by atoms with Crippen LogP contribution in [0.5, 0.6) is 0 Å². The molecule has 6 nitrogen and oxygen atoms in total. The van der Waals surface area contributed by atoms with Crippen molar-refractivity contribution in [2.45, 2.75) is 18.9 Å². The maximum Gasteiger partial charge on any atom is 0.289 e. The summed E-state index contributed by atoms with van der Waals surface area (Å²) in [5.41, 5.74) is 0. The molecule has 1 aliphatic heterocycles. The van der Waals surface area contributed by atoms with Gasteiger partial charge in [-0.2, -0.15) is 5.10 Å². The molecule has 110 valence electrons. The smallest absolute Gasteiger partial charge is 0.289 e. The van der Waals surface area contributed by atoms with Gasteiger partial charge in [0.1, 0.15) is 0 Å². The number of furan rings is 1. The van der Waals surface area contributed by atoms with Crippen molar-refractivity contribution in [3.05, 3.63) is 42.5 Å². The fourth-order valence-electron chi connectivity index (χ4n) is 2.68. The molecular weight excluding hydrogens is 268 g/mol. The summed E-state index contributed by atoms with van der Waals surface area (Å²) in [5.74, 6) is 1.25. The lowest BCUT2D eigenvalue weighted by Crippen LogP contribution is -2.45. The zero-order valence-corrected chi connectivity index (χ0v) is 12.0. The SMILES string of the molecule is CN(c1cccnn1)C1CCN(C(=O)c2ccco2)CC1. The van der Waals surface area contributed by atoms with Gasteiger partial charge in [-0.15, -0.1) is 5.10 Å². The first kappa shape index (κ1) is 13.6. The summed E-state index contributed by atoms with van der Waals surface area (Å²) < 4.78 is 5.17. The number of rotatable bonds is 3. The molecular formula is C15H18N4O2. The molecule has 0 bridgehead atoms. The highest BCUT2D eigenvalue weighted by Crippen LogP contribution is 2.21. The molecule has 1 fully saturated rings. The number of carbonyl (C=O) groups is 1. The summed E-state index contributed by atoms with van der Waals surface area (Å²) in [7, 11) is 2.03. The van der Waals surface area contributed by atoms with Gasteiger partial charge in [0.25, 0.3) is 5.91 Å². The third-order valence-electron chi connectivity index (χ3n) is 3.95. The minimum Gasteiger partial charge on any atom is -0.459 e. The van der Waals surface area contributed by atoms with E-state index in [2.05, 4.69) is 15.1 Å². The lowest BCUT2D eigenvalue weighted by Gasteiger charge is -2.36. The van der Waals surface area contributed by atoms with Crippen LogP contribution in [-0.2, 0) is 0 Å². The van der Waals surface area contributed by atoms with Crippen LogP contribution in [0.1, 0.15) is 23.4 Å². The average molecular weight is 286 g/mol. The summed E-state index contributed by atoms with van der Waals surface area (Å²) in [6, 6.07) is 7.66. The van der Waals surface area contributed by atoms with Crippen LogP contribution in [0.4, 0.5) is 5.82 Å². The van der Waals surface area contributed by atoms with Crippen molar-refractivity contribution in [1.29, 1.82) is 0 Å². The van der Waals surface area contributed by atoms with Crippen molar-refractivity contribution in [2.24, 2.45) is 0 Å². The molecule has 0 unspecified atom stereocenters. The second-order valence-corrected chi connectivity index (χ2v) is 5.19. The molecule has 0 spiro atoms. The Kier molecular flexibility index (Phi) is 3.85. The molecule has 0 saturated carbocycles. The van der Waals surface area contributed by atoms with Crippen LogP contribution in [0.15, 0.2) is 41.1 Å². The van der Waals surface area contributed by atoms with Crippen LogP contribution in [0.25, 0.3) is 0 Å². The van der Waals surface area contributed by atoms with E-state index in [9.17, 15) is 4.79 Å². The molecule has 1 aliphatic rings. The summed E-state index contributed by atoms with van der Waals surface area (Å²) >= 11 is 0. The van der Waals surface area contributed by atoms with Crippen LogP contribution < -0.4 is 4.90 Å². The number of hydrogen-bond donors (Lipinski definition) is 0. The van der Waals surface area contributed by atoms with Crippen molar-refractivity contribution in [1.82, 2.24) is 15.1 Å². The zero-order valence-electron chi connectivity index (χ0n) is 12.0. The number of likely N-dealkylation sites (tertiary alicyclic amines) is 1. The number of aromatic nitrogens is 2. The maximum absolute atomic E-state index is 12.2. The molecule has 0 aliphatic carbocycles. The van der Waals surface area contributed by atoms with Crippen molar-refractivity contribution >= 4 is 11.7 Å². The fourth-order valence-corrected chi connectivity index (χ4v) is 2.68. The molecule has 1 amide bonds. The third kappa shape index (κ3) is 2.89. The first-order chi connectivity index (χ1) is 10.3. The van der Waals surface area contributed by atoms with Gasteiger partial charge in [0, 0.05) is 32.4 Å². The average Bonchev–Trinajstić information content (AvgIpc) is 3.09. The van der Waals surface area contributed by atoms with Crippen LogP contribution in [0, 0.1) is 0 Å². The predicted molar refractivity (Wildman–Crippen MR) is 78.1 cm³/mol. The maximum atomic E-state index is 12.2. The van der Waals surface area contributed by atoms with Gasteiger partial charge in [-0.05, 0) is 37.1 Å². The molecule has 6 heteroatoms. The summed E-state index contributed by atoms with van der Waals surface area (Å²) in [5, 5.41) is 8.04. The summed E-state index contributed by atoms with van der Waals surface area (Å²) in [6.45, 7) is 1.46. The van der Waals surface area contributed by atoms with Gasteiger partial charge in [-0.1, -0.05) is 0 Å². The van der Waals surface area contributed by atoms with Crippen molar-refractivity contribution in [2.75, 3.05) is 25.0 Å². The highest BCUT2D eigenvalue weighted by Gasteiger charge is 2.27. The number of nitrogens with zero attached hydrogens (tertiary/aromatic N) is 4. The Morgan fingerprint density at radius 3 is 2.76 bits per heavy atom. The minimum absolute atomic E-state index is 0.0272. The molecule has 3 rings (SSSR count). The van der Waals surface area contributed by atoms with E-state index in [4.69, 9.17) is 4.42 Å². The summed E-state index contributed by atoms with van der Waals surface area (Å²) in [4.78, 5) is 16.2. The lowest BCUT2D eigenvalue weighted by molar-refractivity contribution is 0.0681. The van der Waals surface area contributed by atoms with E-state index in [1.54, 1.807) is 18.3 Å². The van der Waals surface area contributed by atoms with Gasteiger partial charge in [-0.3, -0.25) is 4.79 Å². The monoisotopic (exact) mass is 286 g/mol. The molecule has 2 aromatic heterocycles. The fraction of sp³-hybridized carbons (Fsp3) is 0.400. The van der Waals surface area contributed by atoms with Crippen molar-refractivity contribution < 1.29 is 9.21 Å². The molecule has 0 radical (unpaired) electrons. The van der Waals surface area contributed by atoms with Gasteiger partial charge < -0.3 is 14.2 Å². The van der Waals surface area contributed by atoms with E-state index in [0.29, 0.717) is 11.8 Å². The largest absolute Gasteiger partial charge is 0.459 e. The predicted octanol–water partition coefficient (Wildman–Crippen LogP) is 1.81. The number of carbonyl (C=O) groups excluding carboxylic acids is 1. The first-order valence-corrected chi connectivity index (χ1v) is 7.09. The quantitative estimate of drug-likeness (QED) is 0.861. The van der Waals surface area contributed by atoms with E-state index in [1.165, 1.54) is 6.26 Å². The summed E-state index contributed by atoms with van der Waals surface area (Å²) in [6.07, 6.45) is 5.03. The Morgan fingerprint density at radius 1 is 1.33 bits per heavy atom. The Labute approximate surface area is 123 Å². The minimum atomic E-state index is -0.0272. The molecule has 0 atom stereocenters. The second kappa shape index (κ2) is 5.95. The highest BCUT2D eigenvalue weighted by atomic mass is 16.3. The Morgan fingerprint density at radius 2 is 2.14 bits per heavy atom. The molecule has 1 saturated heterocycles. The van der Waals surface area contributed by atoms with Gasteiger partial charge in [0.2, 0.25) is 0 Å². The second-order valence-electron chi connectivity index (χ2n) is 5.19. The van der Waals surface area contributed by atoms with Crippen molar-refractivity contribution in [3.8, 4) is 0 Å². The molecule has 0 aromatic carbocycles. The van der Waals surface area contributed by atoms with E-state index < -0.39 is 0 Å². The van der Waals surface area contributed by atoms with Crippen LogP contribution in [0.3, 0.4) is 0 Å².